The maximum atomic E-state index is 11.8. The molecule has 1 amide bonds. The molecule has 1 fully saturated rings. The first kappa shape index (κ1) is 21.5. The fourth-order valence-electron chi connectivity index (χ4n) is 3.07. The third kappa shape index (κ3) is 4.94. The van der Waals surface area contributed by atoms with Crippen LogP contribution in [0.25, 0.3) is 0 Å². The van der Waals surface area contributed by atoms with Crippen molar-refractivity contribution in [1.82, 2.24) is 9.97 Å². The van der Waals surface area contributed by atoms with Gasteiger partial charge in [-0.05, 0) is 56.9 Å². The largest absolute Gasteiger partial charge is 0.311 e. The van der Waals surface area contributed by atoms with Crippen LogP contribution in [0.2, 0.25) is 0 Å². The first-order chi connectivity index (χ1) is 13.5. The van der Waals surface area contributed by atoms with Gasteiger partial charge in [-0.3, -0.25) is 9.59 Å². The van der Waals surface area contributed by atoms with Crippen molar-refractivity contribution in [2.45, 2.75) is 59.9 Å². The minimum atomic E-state index is 0.0552. The van der Waals surface area contributed by atoms with Crippen molar-refractivity contribution in [2.75, 3.05) is 16.3 Å². The molecule has 3 rings (SSSR count). The van der Waals surface area contributed by atoms with Crippen LogP contribution in [0.4, 0.5) is 17.3 Å². The summed E-state index contributed by atoms with van der Waals surface area (Å²) in [5, 5.41) is 0. The van der Waals surface area contributed by atoms with Crippen molar-refractivity contribution < 1.29 is 9.59 Å². The van der Waals surface area contributed by atoms with E-state index >= 15 is 0 Å². The molecular weight excluding hydrogens is 352 g/mol. The molecule has 150 valence electrons. The predicted octanol–water partition coefficient (Wildman–Crippen LogP) is 4.36. The standard InChI is InChI=1S/C20H24N4O2.C2H6/c1-14-8-11-22-20(18(14)23(13-25)12-9-16(3)26)24(17-6-7-17)19-15(2)5-4-10-21-19;1-2/h4-5,8,10-11,13,17H,6-7,9,12H2,1-3H3;1-2H3. The number of hydrogen-bond donors (Lipinski definition) is 0. The zero-order valence-electron chi connectivity index (χ0n) is 17.5. The van der Waals surface area contributed by atoms with Crippen LogP contribution in [0.5, 0.6) is 0 Å². The first-order valence-corrected chi connectivity index (χ1v) is 9.90. The molecule has 0 radical (unpaired) electrons. The zero-order valence-corrected chi connectivity index (χ0v) is 17.5. The van der Waals surface area contributed by atoms with Gasteiger partial charge in [0.2, 0.25) is 6.41 Å². The van der Waals surface area contributed by atoms with Crippen molar-refractivity contribution >= 4 is 29.5 Å². The summed E-state index contributed by atoms with van der Waals surface area (Å²) >= 11 is 0. The highest BCUT2D eigenvalue weighted by Crippen LogP contribution is 2.42. The molecule has 0 aliphatic heterocycles. The van der Waals surface area contributed by atoms with Crippen molar-refractivity contribution in [2.24, 2.45) is 0 Å². The van der Waals surface area contributed by atoms with Gasteiger partial charge >= 0.3 is 0 Å². The number of aryl methyl sites for hydroxylation is 2. The number of Topliss-reactive ketones (excluding diaryl/α,β-unsaturated/α-hetero) is 1. The lowest BCUT2D eigenvalue weighted by molar-refractivity contribution is -0.116. The molecule has 1 saturated carbocycles. The highest BCUT2D eigenvalue weighted by molar-refractivity contribution is 5.87. The molecule has 0 atom stereocenters. The van der Waals surface area contributed by atoms with Crippen molar-refractivity contribution in [3.63, 3.8) is 0 Å². The van der Waals surface area contributed by atoms with Gasteiger partial charge in [-0.2, -0.15) is 0 Å². The molecule has 0 spiro atoms. The quantitative estimate of drug-likeness (QED) is 0.635. The molecule has 0 aromatic carbocycles. The monoisotopic (exact) mass is 382 g/mol. The number of ketones is 1. The van der Waals surface area contributed by atoms with E-state index in [0.29, 0.717) is 19.0 Å². The lowest BCUT2D eigenvalue weighted by Crippen LogP contribution is -2.30. The van der Waals surface area contributed by atoms with Crippen molar-refractivity contribution in [1.29, 1.82) is 0 Å². The normalized spacial score (nSPS) is 12.6. The van der Waals surface area contributed by atoms with E-state index < -0.39 is 0 Å². The average molecular weight is 383 g/mol. The third-order valence-corrected chi connectivity index (χ3v) is 4.58. The van der Waals surface area contributed by atoms with Gasteiger partial charge in [0.05, 0.1) is 5.69 Å². The Hall–Kier alpha value is -2.76. The van der Waals surface area contributed by atoms with Gasteiger partial charge in [-0.25, -0.2) is 9.97 Å². The van der Waals surface area contributed by atoms with E-state index in [0.717, 1.165) is 47.7 Å². The van der Waals surface area contributed by atoms with Gasteiger partial charge in [0.25, 0.3) is 0 Å². The maximum absolute atomic E-state index is 11.8. The van der Waals surface area contributed by atoms with E-state index in [9.17, 15) is 9.59 Å². The Kier molecular flexibility index (Phi) is 7.67. The molecule has 6 nitrogen and oxygen atoms in total. The summed E-state index contributed by atoms with van der Waals surface area (Å²) in [6.07, 6.45) is 6.78. The van der Waals surface area contributed by atoms with Crippen LogP contribution in [-0.4, -0.2) is 34.7 Å². The number of carbonyl (C=O) groups is 2. The summed E-state index contributed by atoms with van der Waals surface area (Å²) in [6.45, 7) is 9.87. The van der Waals surface area contributed by atoms with Crippen LogP contribution in [-0.2, 0) is 9.59 Å². The molecule has 2 aromatic heterocycles. The second-order valence-electron chi connectivity index (χ2n) is 6.80. The minimum Gasteiger partial charge on any atom is -0.311 e. The molecular formula is C22H30N4O2. The molecule has 0 N–H and O–H groups in total. The lowest BCUT2D eigenvalue weighted by atomic mass is 10.1. The lowest BCUT2D eigenvalue weighted by Gasteiger charge is -2.30. The van der Waals surface area contributed by atoms with Gasteiger partial charge in [-0.1, -0.05) is 19.9 Å². The molecule has 0 bridgehead atoms. The summed E-state index contributed by atoms with van der Waals surface area (Å²) in [7, 11) is 0. The van der Waals surface area contributed by atoms with E-state index in [1.165, 1.54) is 6.92 Å². The highest BCUT2D eigenvalue weighted by Gasteiger charge is 2.35. The number of rotatable bonds is 8. The number of pyridine rings is 2. The molecule has 0 unspecified atom stereocenters. The second kappa shape index (κ2) is 9.97. The van der Waals surface area contributed by atoms with Gasteiger partial charge in [0.15, 0.2) is 5.82 Å². The Bertz CT molecular complexity index is 818. The Morgan fingerprint density at radius 2 is 1.79 bits per heavy atom. The Morgan fingerprint density at radius 3 is 2.36 bits per heavy atom. The Labute approximate surface area is 167 Å². The van der Waals surface area contributed by atoms with Gasteiger partial charge in [0, 0.05) is 31.4 Å². The minimum absolute atomic E-state index is 0.0552. The molecule has 1 aliphatic carbocycles. The van der Waals surface area contributed by atoms with E-state index in [-0.39, 0.29) is 5.78 Å². The van der Waals surface area contributed by atoms with Crippen LogP contribution in [0.1, 0.15) is 51.2 Å². The Morgan fingerprint density at radius 1 is 1.11 bits per heavy atom. The summed E-state index contributed by atoms with van der Waals surface area (Å²) < 4.78 is 0. The van der Waals surface area contributed by atoms with Crippen LogP contribution in [0.15, 0.2) is 30.6 Å². The van der Waals surface area contributed by atoms with Crippen LogP contribution < -0.4 is 9.80 Å². The summed E-state index contributed by atoms with van der Waals surface area (Å²) in [5.41, 5.74) is 2.76. The molecule has 1 aliphatic rings. The number of anilines is 3. The number of aromatic nitrogens is 2. The summed E-state index contributed by atoms with van der Waals surface area (Å²) in [4.78, 5) is 36.1. The predicted molar refractivity (Wildman–Crippen MR) is 113 cm³/mol. The molecule has 2 heterocycles. The zero-order chi connectivity index (χ0) is 20.7. The maximum Gasteiger partial charge on any atom is 0.214 e. The van der Waals surface area contributed by atoms with Gasteiger partial charge < -0.3 is 9.80 Å². The van der Waals surface area contributed by atoms with Crippen LogP contribution in [0, 0.1) is 13.8 Å². The van der Waals surface area contributed by atoms with Crippen molar-refractivity contribution in [3.05, 3.63) is 41.7 Å². The molecule has 28 heavy (non-hydrogen) atoms. The Balaban J connectivity index is 0.00000136. The van der Waals surface area contributed by atoms with E-state index in [2.05, 4.69) is 14.9 Å². The van der Waals surface area contributed by atoms with Gasteiger partial charge in [0.1, 0.15) is 11.6 Å². The van der Waals surface area contributed by atoms with E-state index in [1.807, 2.05) is 45.9 Å². The van der Waals surface area contributed by atoms with Gasteiger partial charge in [-0.15, -0.1) is 0 Å². The topological polar surface area (TPSA) is 66.4 Å². The molecule has 6 heteroatoms. The van der Waals surface area contributed by atoms with E-state index in [4.69, 9.17) is 0 Å². The van der Waals surface area contributed by atoms with E-state index in [1.54, 1.807) is 17.3 Å². The first-order valence-electron chi connectivity index (χ1n) is 9.90. The molecule has 0 saturated heterocycles. The fourth-order valence-corrected chi connectivity index (χ4v) is 3.07. The summed E-state index contributed by atoms with van der Waals surface area (Å²) in [6, 6.07) is 6.16. The number of carbonyl (C=O) groups excluding carboxylic acids is 2. The number of amides is 1. The fraction of sp³-hybridized carbons (Fsp3) is 0.455. The average Bonchev–Trinajstić information content (AvgIpc) is 3.52. The smallest absolute Gasteiger partial charge is 0.214 e. The molecule has 2 aromatic rings. The number of hydrogen-bond acceptors (Lipinski definition) is 5. The van der Waals surface area contributed by atoms with Crippen LogP contribution in [0.3, 0.4) is 0 Å². The number of nitrogens with zero attached hydrogens (tertiary/aromatic N) is 4. The second-order valence-corrected chi connectivity index (χ2v) is 6.80. The SMILES string of the molecule is CC.CC(=O)CCN(C=O)c1c(C)ccnc1N(c1ncccc1C)C1CC1. The highest BCUT2D eigenvalue weighted by atomic mass is 16.1. The third-order valence-electron chi connectivity index (χ3n) is 4.58. The summed E-state index contributed by atoms with van der Waals surface area (Å²) in [5.74, 6) is 1.65. The van der Waals surface area contributed by atoms with Crippen molar-refractivity contribution in [3.8, 4) is 0 Å². The van der Waals surface area contributed by atoms with Crippen LogP contribution >= 0.6 is 0 Å².